The maximum atomic E-state index is 14.0. The highest BCUT2D eigenvalue weighted by Gasteiger charge is 2.61. The van der Waals surface area contributed by atoms with Crippen molar-refractivity contribution in [2.75, 3.05) is 17.1 Å². The van der Waals surface area contributed by atoms with Gasteiger partial charge in [0.2, 0.25) is 5.91 Å². The van der Waals surface area contributed by atoms with Crippen LogP contribution in [-0.2, 0) is 27.3 Å². The van der Waals surface area contributed by atoms with Gasteiger partial charge in [0.1, 0.15) is 22.7 Å². The Bertz CT molecular complexity index is 1400. The first-order valence-corrected chi connectivity index (χ1v) is 13.0. The van der Waals surface area contributed by atoms with Crippen LogP contribution >= 0.6 is 22.9 Å². The molecule has 6 rings (SSSR count). The molecule has 0 radical (unpaired) electrons. The predicted molar refractivity (Wildman–Crippen MR) is 136 cm³/mol. The number of hydrogen-bond donors (Lipinski definition) is 0. The molecule has 2 fully saturated rings. The molecule has 3 aromatic rings. The van der Waals surface area contributed by atoms with Crippen molar-refractivity contribution in [3.63, 3.8) is 0 Å². The molecule has 1 aromatic heterocycles. The molecule has 3 atom stereocenters. The Morgan fingerprint density at radius 1 is 1.06 bits per heavy atom. The number of aryl methyl sites for hydroxylation is 1. The molecule has 0 unspecified atom stereocenters. The van der Waals surface area contributed by atoms with Gasteiger partial charge in [-0.3, -0.25) is 14.4 Å². The van der Waals surface area contributed by atoms with E-state index in [2.05, 4.69) is 6.07 Å². The minimum atomic E-state index is -0.994. The van der Waals surface area contributed by atoms with E-state index in [-0.39, 0.29) is 5.91 Å². The van der Waals surface area contributed by atoms with E-state index < -0.39 is 24.0 Å². The molecule has 36 heavy (non-hydrogen) atoms. The van der Waals surface area contributed by atoms with Crippen LogP contribution in [0.5, 0.6) is 5.75 Å². The molecule has 9 heteroatoms. The number of hydrogen-bond acceptors (Lipinski definition) is 7. The molecule has 2 aromatic carbocycles. The monoisotopic (exact) mass is 519 g/mol. The number of carbonyl (C=O) groups excluding carboxylic acids is 2. The number of amides is 2. The number of ether oxygens (including phenoxy) is 1. The summed E-state index contributed by atoms with van der Waals surface area (Å²) in [5, 5.41) is 12.6. The molecule has 0 saturated carbocycles. The average Bonchev–Trinajstić information content (AvgIpc) is 3.54. The number of benzene rings is 2. The van der Waals surface area contributed by atoms with Gasteiger partial charge in [0.15, 0.2) is 6.10 Å². The lowest BCUT2D eigenvalue weighted by Crippen LogP contribution is -2.37. The molecule has 1 aliphatic carbocycles. The normalized spacial score (nSPS) is 23.0. The summed E-state index contributed by atoms with van der Waals surface area (Å²) in [7, 11) is 1.59. The first-order valence-electron chi connectivity index (χ1n) is 11.8. The van der Waals surface area contributed by atoms with E-state index in [1.807, 2.05) is 24.3 Å². The van der Waals surface area contributed by atoms with E-state index >= 15 is 0 Å². The lowest BCUT2D eigenvalue weighted by atomic mass is 9.90. The number of fused-ring (bicyclic) bond motifs is 2. The zero-order chi connectivity index (χ0) is 25.0. The molecule has 3 heterocycles. The van der Waals surface area contributed by atoms with Gasteiger partial charge in [-0.25, -0.2) is 9.96 Å². The molecule has 7 nitrogen and oxygen atoms in total. The maximum Gasteiger partial charge on any atom is 0.267 e. The Labute approximate surface area is 217 Å². The average molecular weight is 520 g/mol. The number of methoxy groups -OCH3 is 1. The highest BCUT2D eigenvalue weighted by Crippen LogP contribution is 2.50. The van der Waals surface area contributed by atoms with Gasteiger partial charge in [-0.2, -0.15) is 5.26 Å². The summed E-state index contributed by atoms with van der Waals surface area (Å²) in [4.78, 5) is 36.2. The molecule has 3 aliphatic rings. The number of imide groups is 1. The van der Waals surface area contributed by atoms with Crippen LogP contribution in [-0.4, -0.2) is 25.0 Å². The fourth-order valence-corrected chi connectivity index (χ4v) is 6.87. The van der Waals surface area contributed by atoms with Crippen molar-refractivity contribution in [3.05, 3.63) is 75.1 Å². The third kappa shape index (κ3) is 3.50. The van der Waals surface area contributed by atoms with Gasteiger partial charge in [0.25, 0.3) is 5.91 Å². The maximum absolute atomic E-state index is 14.0. The van der Waals surface area contributed by atoms with Crippen molar-refractivity contribution in [3.8, 4) is 11.8 Å². The minimum Gasteiger partial charge on any atom is -0.497 e. The van der Waals surface area contributed by atoms with Crippen LogP contribution in [0.1, 0.15) is 40.5 Å². The largest absolute Gasteiger partial charge is 0.497 e. The molecule has 2 amide bonds. The molecule has 0 N–H and O–H groups in total. The standard InChI is InChI=1S/C27H22ClN3O4S/c1-34-18-12-6-15(7-13-18)23-22-24(35-31(23)17-10-8-16(28)9-11-17)26(33)30(25(22)32)27-20(14-29)19-4-2-3-5-21(19)36-27/h6-13,22-24H,2-5H2,1H3/t22-,23+,24+/m1/s1. The Morgan fingerprint density at radius 2 is 1.78 bits per heavy atom. The molecular weight excluding hydrogens is 498 g/mol. The Morgan fingerprint density at radius 3 is 2.47 bits per heavy atom. The van der Waals surface area contributed by atoms with Gasteiger partial charge in [-0.15, -0.1) is 11.3 Å². The Balaban J connectivity index is 1.43. The second-order valence-corrected chi connectivity index (χ2v) is 10.6. The number of halogens is 1. The van der Waals surface area contributed by atoms with E-state index in [0.29, 0.717) is 27.0 Å². The number of nitrogens with zero attached hydrogens (tertiary/aromatic N) is 3. The van der Waals surface area contributed by atoms with Gasteiger partial charge in [0, 0.05) is 9.90 Å². The van der Waals surface area contributed by atoms with Crippen molar-refractivity contribution in [2.45, 2.75) is 37.8 Å². The van der Waals surface area contributed by atoms with E-state index in [1.165, 1.54) is 16.2 Å². The van der Waals surface area contributed by atoms with Crippen molar-refractivity contribution < 1.29 is 19.2 Å². The number of hydroxylamine groups is 1. The number of thiophene rings is 1. The zero-order valence-electron chi connectivity index (χ0n) is 19.4. The third-order valence-corrected chi connectivity index (χ3v) is 8.65. The molecule has 2 saturated heterocycles. The summed E-state index contributed by atoms with van der Waals surface area (Å²) in [5.41, 5.74) is 2.93. The first-order chi connectivity index (χ1) is 17.5. The first kappa shape index (κ1) is 23.0. The van der Waals surface area contributed by atoms with E-state index in [4.69, 9.17) is 21.2 Å². The smallest absolute Gasteiger partial charge is 0.267 e. The van der Waals surface area contributed by atoms with Crippen LogP contribution in [0.25, 0.3) is 0 Å². The fraction of sp³-hybridized carbons (Fsp3) is 0.296. The van der Waals surface area contributed by atoms with Crippen LogP contribution in [0.4, 0.5) is 10.7 Å². The number of anilines is 2. The zero-order valence-corrected chi connectivity index (χ0v) is 21.0. The van der Waals surface area contributed by atoms with Crippen LogP contribution in [0.15, 0.2) is 48.5 Å². The van der Waals surface area contributed by atoms with Crippen LogP contribution in [0.3, 0.4) is 0 Å². The van der Waals surface area contributed by atoms with Gasteiger partial charge in [-0.1, -0.05) is 23.7 Å². The summed E-state index contributed by atoms with van der Waals surface area (Å²) >= 11 is 7.48. The fourth-order valence-electron chi connectivity index (χ4n) is 5.39. The summed E-state index contributed by atoms with van der Waals surface area (Å²) < 4.78 is 5.30. The summed E-state index contributed by atoms with van der Waals surface area (Å²) in [6.07, 6.45) is 2.72. The van der Waals surface area contributed by atoms with Crippen molar-refractivity contribution in [1.82, 2.24) is 0 Å². The van der Waals surface area contributed by atoms with Crippen LogP contribution < -0.4 is 14.7 Å². The topological polar surface area (TPSA) is 82.9 Å². The van der Waals surface area contributed by atoms with Crippen molar-refractivity contribution in [2.24, 2.45) is 5.92 Å². The van der Waals surface area contributed by atoms with Crippen LogP contribution in [0, 0.1) is 17.2 Å². The SMILES string of the molecule is COc1ccc([C@H]2[C@H]3C(=O)N(c4sc5c(c4C#N)CCCC5)C(=O)[C@H]3ON2c2ccc(Cl)cc2)cc1. The van der Waals surface area contributed by atoms with Gasteiger partial charge in [-0.05, 0) is 73.2 Å². The predicted octanol–water partition coefficient (Wildman–Crippen LogP) is 5.21. The van der Waals surface area contributed by atoms with E-state index in [0.717, 1.165) is 41.7 Å². The molecule has 0 spiro atoms. The summed E-state index contributed by atoms with van der Waals surface area (Å²) in [6.45, 7) is 0. The second-order valence-electron chi connectivity index (χ2n) is 9.09. The summed E-state index contributed by atoms with van der Waals surface area (Å²) in [5.74, 6) is -0.870. The summed E-state index contributed by atoms with van der Waals surface area (Å²) in [6, 6.07) is 16.2. The second kappa shape index (κ2) is 8.93. The third-order valence-electron chi connectivity index (χ3n) is 7.12. The lowest BCUT2D eigenvalue weighted by molar-refractivity contribution is -0.126. The van der Waals surface area contributed by atoms with E-state index in [9.17, 15) is 14.9 Å². The molecule has 2 aliphatic heterocycles. The van der Waals surface area contributed by atoms with Gasteiger partial charge < -0.3 is 4.74 Å². The molecule has 0 bridgehead atoms. The molecular formula is C27H22ClN3O4S. The lowest BCUT2D eigenvalue weighted by Gasteiger charge is -2.28. The number of nitriles is 1. The minimum absolute atomic E-state index is 0.350. The van der Waals surface area contributed by atoms with Gasteiger partial charge in [0.05, 0.1) is 24.4 Å². The van der Waals surface area contributed by atoms with Crippen LogP contribution in [0.2, 0.25) is 5.02 Å². The Kier molecular flexibility index (Phi) is 5.72. The highest BCUT2D eigenvalue weighted by molar-refractivity contribution is 7.17. The van der Waals surface area contributed by atoms with Crippen molar-refractivity contribution >= 4 is 45.4 Å². The van der Waals surface area contributed by atoms with Crippen molar-refractivity contribution in [1.29, 1.82) is 5.26 Å². The highest BCUT2D eigenvalue weighted by atomic mass is 35.5. The Hall–Kier alpha value is -3.38. The number of rotatable bonds is 4. The number of carbonyl (C=O) groups is 2. The van der Waals surface area contributed by atoms with E-state index in [1.54, 1.807) is 36.4 Å². The quantitative estimate of drug-likeness (QED) is 0.440. The van der Waals surface area contributed by atoms with Gasteiger partial charge >= 0.3 is 0 Å². The molecule has 182 valence electrons.